The van der Waals surface area contributed by atoms with E-state index in [0.717, 1.165) is 11.6 Å². The van der Waals surface area contributed by atoms with Gasteiger partial charge in [0.15, 0.2) is 5.82 Å². The number of hydrogen-bond donors (Lipinski definition) is 1. The van der Waals surface area contributed by atoms with Crippen LogP contribution in [0, 0.1) is 0 Å². The second kappa shape index (κ2) is 5.19. The van der Waals surface area contributed by atoms with Gasteiger partial charge in [0, 0.05) is 10.8 Å². The number of aromatic nitrogens is 2. The minimum absolute atomic E-state index is 0.0311. The normalized spacial score (nSPS) is 16.1. The van der Waals surface area contributed by atoms with Crippen molar-refractivity contribution in [3.05, 3.63) is 11.7 Å². The molecular formula is C11H21N3OS. The highest BCUT2D eigenvalue weighted by Gasteiger charge is 2.19. The van der Waals surface area contributed by atoms with E-state index in [9.17, 15) is 0 Å². The van der Waals surface area contributed by atoms with Crippen LogP contribution in [0.1, 0.15) is 52.3 Å². The zero-order valence-electron chi connectivity index (χ0n) is 10.7. The van der Waals surface area contributed by atoms with E-state index in [0.29, 0.717) is 5.89 Å². The molecule has 0 aliphatic carbocycles. The second-order valence-corrected chi connectivity index (χ2v) is 6.90. The summed E-state index contributed by atoms with van der Waals surface area (Å²) in [5.41, 5.74) is 5.79. The van der Waals surface area contributed by atoms with Gasteiger partial charge in [-0.15, -0.1) is 11.8 Å². The van der Waals surface area contributed by atoms with E-state index >= 15 is 0 Å². The molecule has 5 heteroatoms. The average Bonchev–Trinajstić information content (AvgIpc) is 2.60. The first-order valence-corrected chi connectivity index (χ1v) is 6.50. The fourth-order valence-electron chi connectivity index (χ4n) is 1.02. The Balaban J connectivity index is 2.58. The Morgan fingerprint density at radius 3 is 2.50 bits per heavy atom. The van der Waals surface area contributed by atoms with E-state index in [2.05, 4.69) is 30.9 Å². The van der Waals surface area contributed by atoms with E-state index in [4.69, 9.17) is 10.3 Å². The number of nitrogens with zero attached hydrogens (tertiary/aromatic N) is 2. The molecule has 4 nitrogen and oxygen atoms in total. The molecule has 0 fully saturated rings. The molecule has 0 amide bonds. The maximum atomic E-state index is 5.79. The summed E-state index contributed by atoms with van der Waals surface area (Å²) < 4.78 is 5.41. The molecule has 1 rings (SSSR count). The number of thioether (sulfide) groups is 1. The molecule has 2 N–H and O–H groups in total. The summed E-state index contributed by atoms with van der Waals surface area (Å²) in [5.74, 6) is 2.28. The maximum Gasteiger partial charge on any atom is 0.231 e. The molecule has 1 heterocycles. The van der Waals surface area contributed by atoms with E-state index in [-0.39, 0.29) is 16.7 Å². The molecule has 2 unspecified atom stereocenters. The van der Waals surface area contributed by atoms with Crippen LogP contribution < -0.4 is 5.73 Å². The van der Waals surface area contributed by atoms with Gasteiger partial charge in [-0.1, -0.05) is 32.9 Å². The van der Waals surface area contributed by atoms with Crippen LogP contribution in [-0.2, 0) is 5.75 Å². The first-order chi connectivity index (χ1) is 7.29. The van der Waals surface area contributed by atoms with Gasteiger partial charge in [-0.25, -0.2) is 0 Å². The van der Waals surface area contributed by atoms with Crippen molar-refractivity contribution >= 4 is 11.8 Å². The summed E-state index contributed by atoms with van der Waals surface area (Å²) in [6.45, 7) is 10.5. The Hall–Kier alpha value is -0.550. The third-order valence-corrected chi connectivity index (χ3v) is 3.56. The number of rotatable bonds is 4. The van der Waals surface area contributed by atoms with Crippen molar-refractivity contribution in [3.8, 4) is 0 Å². The van der Waals surface area contributed by atoms with Crippen LogP contribution in [0.4, 0.5) is 0 Å². The van der Waals surface area contributed by atoms with Gasteiger partial charge >= 0.3 is 0 Å². The Morgan fingerprint density at radius 1 is 1.38 bits per heavy atom. The van der Waals surface area contributed by atoms with Crippen LogP contribution >= 0.6 is 11.8 Å². The first kappa shape index (κ1) is 13.5. The standard InChI is InChI=1S/C11H21N3OS/c1-7(8(2)12)10-13-9(14-15-10)6-16-11(3,4)5/h7-8H,6,12H2,1-5H3. The average molecular weight is 243 g/mol. The highest BCUT2D eigenvalue weighted by molar-refractivity contribution is 7.99. The number of nitrogens with two attached hydrogens (primary N) is 1. The lowest BCUT2D eigenvalue weighted by Gasteiger charge is -2.15. The molecule has 2 atom stereocenters. The molecule has 16 heavy (non-hydrogen) atoms. The summed E-state index contributed by atoms with van der Waals surface area (Å²) in [6.07, 6.45) is 0. The van der Waals surface area contributed by atoms with Gasteiger partial charge in [0.05, 0.1) is 11.7 Å². The van der Waals surface area contributed by atoms with Crippen molar-refractivity contribution in [1.82, 2.24) is 10.1 Å². The fourth-order valence-corrected chi connectivity index (χ4v) is 1.70. The van der Waals surface area contributed by atoms with Gasteiger partial charge < -0.3 is 10.3 Å². The van der Waals surface area contributed by atoms with E-state index < -0.39 is 0 Å². The van der Waals surface area contributed by atoms with E-state index in [1.807, 2.05) is 13.8 Å². The van der Waals surface area contributed by atoms with Gasteiger partial charge in [-0.05, 0) is 6.92 Å². The van der Waals surface area contributed by atoms with Crippen LogP contribution in [0.25, 0.3) is 0 Å². The summed E-state index contributed by atoms with van der Waals surface area (Å²) in [4.78, 5) is 4.36. The van der Waals surface area contributed by atoms with Crippen LogP contribution in [0.5, 0.6) is 0 Å². The highest BCUT2D eigenvalue weighted by Crippen LogP contribution is 2.26. The summed E-state index contributed by atoms with van der Waals surface area (Å²) >= 11 is 1.80. The summed E-state index contributed by atoms with van der Waals surface area (Å²) in [6, 6.07) is 0.0311. The topological polar surface area (TPSA) is 64.9 Å². The van der Waals surface area contributed by atoms with Gasteiger partial charge in [-0.2, -0.15) is 4.98 Å². The molecular weight excluding hydrogens is 222 g/mol. The molecule has 0 saturated carbocycles. The Kier molecular flexibility index (Phi) is 4.38. The monoisotopic (exact) mass is 243 g/mol. The largest absolute Gasteiger partial charge is 0.339 e. The van der Waals surface area contributed by atoms with Gasteiger partial charge in [0.25, 0.3) is 0 Å². The molecule has 0 saturated heterocycles. The molecule has 0 radical (unpaired) electrons. The summed E-state index contributed by atoms with van der Waals surface area (Å²) in [5, 5.41) is 3.96. The van der Waals surface area contributed by atoms with Crippen molar-refractivity contribution in [2.24, 2.45) is 5.73 Å². The van der Waals surface area contributed by atoms with E-state index in [1.54, 1.807) is 11.8 Å². The van der Waals surface area contributed by atoms with Crippen LogP contribution in [0.2, 0.25) is 0 Å². The van der Waals surface area contributed by atoms with Crippen molar-refractivity contribution in [2.45, 2.75) is 57.1 Å². The fraction of sp³-hybridized carbons (Fsp3) is 0.818. The lowest BCUT2D eigenvalue weighted by atomic mass is 10.1. The highest BCUT2D eigenvalue weighted by atomic mass is 32.2. The third-order valence-electron chi connectivity index (χ3n) is 2.30. The smallest absolute Gasteiger partial charge is 0.231 e. The second-order valence-electron chi connectivity index (χ2n) is 5.10. The minimum atomic E-state index is 0.0311. The molecule has 1 aromatic heterocycles. The van der Waals surface area contributed by atoms with Gasteiger partial charge in [0.1, 0.15) is 0 Å². The molecule has 0 aliphatic heterocycles. The predicted octanol–water partition coefficient (Wildman–Crippen LogP) is 2.55. The minimum Gasteiger partial charge on any atom is -0.339 e. The van der Waals surface area contributed by atoms with E-state index in [1.165, 1.54) is 0 Å². The number of hydrogen-bond acceptors (Lipinski definition) is 5. The van der Waals surface area contributed by atoms with Crippen molar-refractivity contribution in [1.29, 1.82) is 0 Å². The lowest BCUT2D eigenvalue weighted by Crippen LogP contribution is -2.22. The maximum absolute atomic E-state index is 5.79. The zero-order valence-corrected chi connectivity index (χ0v) is 11.5. The molecule has 0 aromatic carbocycles. The Labute approximate surface area is 101 Å². The van der Waals surface area contributed by atoms with Crippen molar-refractivity contribution < 1.29 is 4.52 Å². The van der Waals surface area contributed by atoms with Gasteiger partial charge in [0.2, 0.25) is 5.89 Å². The Bertz CT molecular complexity index is 330. The molecule has 0 aliphatic rings. The summed E-state index contributed by atoms with van der Waals surface area (Å²) in [7, 11) is 0. The third kappa shape index (κ3) is 4.14. The Morgan fingerprint density at radius 2 is 2.00 bits per heavy atom. The lowest BCUT2D eigenvalue weighted by molar-refractivity contribution is 0.344. The zero-order chi connectivity index (χ0) is 12.3. The van der Waals surface area contributed by atoms with Crippen LogP contribution in [-0.4, -0.2) is 20.9 Å². The molecule has 1 aromatic rings. The quantitative estimate of drug-likeness (QED) is 0.880. The predicted molar refractivity (Wildman–Crippen MR) is 67.4 cm³/mol. The SMILES string of the molecule is CC(N)C(C)c1nc(CSC(C)(C)C)no1. The molecule has 0 spiro atoms. The molecule has 92 valence electrons. The van der Waals surface area contributed by atoms with Crippen LogP contribution in [0.3, 0.4) is 0 Å². The van der Waals surface area contributed by atoms with Gasteiger partial charge in [-0.3, -0.25) is 0 Å². The van der Waals surface area contributed by atoms with Crippen molar-refractivity contribution in [3.63, 3.8) is 0 Å². The first-order valence-electron chi connectivity index (χ1n) is 5.51. The van der Waals surface area contributed by atoms with Crippen LogP contribution in [0.15, 0.2) is 4.52 Å². The molecule has 0 bridgehead atoms. The van der Waals surface area contributed by atoms with Crippen molar-refractivity contribution in [2.75, 3.05) is 0 Å².